The normalized spacial score (nSPS) is 14.0. The van der Waals surface area contributed by atoms with Crippen LogP contribution in [-0.2, 0) is 0 Å². The number of nitrogens with two attached hydrogens (primary N) is 2. The van der Waals surface area contributed by atoms with Gasteiger partial charge in [0.1, 0.15) is 5.75 Å². The second-order valence-corrected chi connectivity index (χ2v) is 7.78. The SMILES string of the molecule is CN1CCN(c2ccc(Nc3nc(Oc4cccc(N)c4)cnc3C(N)=O)cc2C=N)CC1. The molecule has 0 saturated carbocycles. The number of carbonyl (C=O) groups excluding carboxylic acids is 1. The molecule has 1 amide bonds. The molecule has 6 N–H and O–H groups in total. The first-order chi connectivity index (χ1) is 15.9. The zero-order chi connectivity index (χ0) is 23.4. The van der Waals surface area contributed by atoms with Crippen molar-refractivity contribution in [3.05, 3.63) is 59.9 Å². The monoisotopic (exact) mass is 446 g/mol. The highest BCUT2D eigenvalue weighted by Crippen LogP contribution is 2.28. The maximum Gasteiger partial charge on any atom is 0.271 e. The minimum atomic E-state index is -0.721. The van der Waals surface area contributed by atoms with Crippen LogP contribution in [0.15, 0.2) is 48.7 Å². The number of nitrogens with zero attached hydrogens (tertiary/aromatic N) is 4. The van der Waals surface area contributed by atoms with Crippen molar-refractivity contribution >= 4 is 35.0 Å². The Balaban J connectivity index is 1.60. The quantitative estimate of drug-likeness (QED) is 0.320. The maximum absolute atomic E-state index is 11.9. The summed E-state index contributed by atoms with van der Waals surface area (Å²) < 4.78 is 5.73. The van der Waals surface area contributed by atoms with E-state index in [1.807, 2.05) is 18.2 Å². The molecule has 0 radical (unpaired) electrons. The van der Waals surface area contributed by atoms with Gasteiger partial charge in [-0.2, -0.15) is 4.98 Å². The van der Waals surface area contributed by atoms with Crippen molar-refractivity contribution in [2.45, 2.75) is 0 Å². The largest absolute Gasteiger partial charge is 0.437 e. The fraction of sp³-hybridized carbons (Fsp3) is 0.217. The Morgan fingerprint density at radius 1 is 1.18 bits per heavy atom. The second kappa shape index (κ2) is 9.53. The first kappa shape index (κ1) is 22.0. The number of benzene rings is 2. The van der Waals surface area contributed by atoms with Crippen molar-refractivity contribution in [3.63, 3.8) is 0 Å². The van der Waals surface area contributed by atoms with Crippen molar-refractivity contribution in [3.8, 4) is 11.6 Å². The zero-order valence-electron chi connectivity index (χ0n) is 18.3. The highest BCUT2D eigenvalue weighted by molar-refractivity contribution is 5.96. The fourth-order valence-electron chi connectivity index (χ4n) is 3.61. The average Bonchev–Trinajstić information content (AvgIpc) is 2.79. The summed E-state index contributed by atoms with van der Waals surface area (Å²) in [7, 11) is 2.10. The molecule has 170 valence electrons. The third kappa shape index (κ3) is 5.18. The van der Waals surface area contributed by atoms with Gasteiger partial charge in [0, 0.05) is 61.1 Å². The molecule has 10 heteroatoms. The number of nitrogen functional groups attached to an aromatic ring is 1. The summed E-state index contributed by atoms with van der Waals surface area (Å²) in [6, 6.07) is 12.6. The Morgan fingerprint density at radius 2 is 1.97 bits per heavy atom. The Hall–Kier alpha value is -4.18. The van der Waals surface area contributed by atoms with Crippen LogP contribution in [-0.4, -0.2) is 60.2 Å². The molecule has 4 rings (SSSR count). The van der Waals surface area contributed by atoms with Crippen molar-refractivity contribution in [1.82, 2.24) is 14.9 Å². The lowest BCUT2D eigenvalue weighted by Crippen LogP contribution is -2.44. The van der Waals surface area contributed by atoms with Crippen LogP contribution in [0, 0.1) is 5.41 Å². The zero-order valence-corrected chi connectivity index (χ0v) is 18.3. The average molecular weight is 447 g/mol. The van der Waals surface area contributed by atoms with E-state index < -0.39 is 5.91 Å². The lowest BCUT2D eigenvalue weighted by atomic mass is 10.1. The molecule has 1 fully saturated rings. The molecule has 0 spiro atoms. The number of ether oxygens (including phenoxy) is 1. The molecule has 3 aromatic rings. The number of nitrogens with one attached hydrogen (secondary N) is 2. The number of piperazine rings is 1. The Kier molecular flexibility index (Phi) is 6.36. The summed E-state index contributed by atoms with van der Waals surface area (Å²) in [6.07, 6.45) is 2.65. The first-order valence-corrected chi connectivity index (χ1v) is 10.5. The molecule has 10 nitrogen and oxygen atoms in total. The van der Waals surface area contributed by atoms with E-state index in [2.05, 4.69) is 32.1 Å². The fourth-order valence-corrected chi connectivity index (χ4v) is 3.61. The van der Waals surface area contributed by atoms with Crippen LogP contribution in [0.4, 0.5) is 22.9 Å². The van der Waals surface area contributed by atoms with E-state index in [-0.39, 0.29) is 17.4 Å². The van der Waals surface area contributed by atoms with Gasteiger partial charge in [0.25, 0.3) is 5.91 Å². The number of hydrogen-bond acceptors (Lipinski definition) is 9. The molecule has 2 aromatic carbocycles. The maximum atomic E-state index is 11.9. The van der Waals surface area contributed by atoms with Gasteiger partial charge < -0.3 is 36.7 Å². The molecule has 2 heterocycles. The van der Waals surface area contributed by atoms with Gasteiger partial charge in [-0.1, -0.05) is 6.07 Å². The van der Waals surface area contributed by atoms with Crippen LogP contribution < -0.4 is 26.4 Å². The van der Waals surface area contributed by atoms with E-state index in [0.29, 0.717) is 17.1 Å². The van der Waals surface area contributed by atoms with Crippen LogP contribution in [0.25, 0.3) is 0 Å². The Labute approximate surface area is 191 Å². The van der Waals surface area contributed by atoms with Gasteiger partial charge >= 0.3 is 0 Å². The number of hydrogen-bond donors (Lipinski definition) is 4. The van der Waals surface area contributed by atoms with E-state index in [1.54, 1.807) is 24.3 Å². The number of anilines is 4. The standard InChI is InChI=1S/C23H26N8O2/c1-30-7-9-31(10-8-30)19-6-5-17(11-15(19)13-24)28-23-21(22(26)32)27-14-20(29-23)33-18-4-2-3-16(25)12-18/h2-6,11-14,24H,7-10,25H2,1H3,(H2,26,32)(H,28,29). The van der Waals surface area contributed by atoms with Crippen molar-refractivity contribution in [2.24, 2.45) is 5.73 Å². The highest BCUT2D eigenvalue weighted by Gasteiger charge is 2.18. The summed E-state index contributed by atoms with van der Waals surface area (Å²) in [5, 5.41) is 11.0. The number of amides is 1. The summed E-state index contributed by atoms with van der Waals surface area (Å²) >= 11 is 0. The van der Waals surface area contributed by atoms with Crippen molar-refractivity contribution in [1.29, 1.82) is 5.41 Å². The summed E-state index contributed by atoms with van der Waals surface area (Å²) in [6.45, 7) is 3.72. The van der Waals surface area contributed by atoms with E-state index in [0.717, 1.165) is 37.4 Å². The van der Waals surface area contributed by atoms with Crippen LogP contribution in [0.1, 0.15) is 16.1 Å². The number of aromatic nitrogens is 2. The predicted molar refractivity (Wildman–Crippen MR) is 129 cm³/mol. The minimum absolute atomic E-state index is 0.0190. The van der Waals surface area contributed by atoms with Crippen molar-refractivity contribution in [2.75, 3.05) is 49.2 Å². The van der Waals surface area contributed by atoms with Crippen LogP contribution in [0.2, 0.25) is 0 Å². The molecule has 0 aliphatic carbocycles. The number of rotatable bonds is 7. The van der Waals surface area contributed by atoms with Gasteiger partial charge in [-0.05, 0) is 37.4 Å². The lowest BCUT2D eigenvalue weighted by Gasteiger charge is -2.35. The van der Waals surface area contributed by atoms with Gasteiger partial charge in [0.2, 0.25) is 5.88 Å². The van der Waals surface area contributed by atoms with E-state index in [1.165, 1.54) is 12.4 Å². The smallest absolute Gasteiger partial charge is 0.271 e. The highest BCUT2D eigenvalue weighted by atomic mass is 16.5. The number of likely N-dealkylation sites (N-methyl/N-ethyl adjacent to an activating group) is 1. The number of carbonyl (C=O) groups is 1. The summed E-state index contributed by atoms with van der Waals surface area (Å²) in [5.41, 5.74) is 14.2. The minimum Gasteiger partial charge on any atom is -0.437 e. The molecular formula is C23H26N8O2. The third-order valence-corrected chi connectivity index (χ3v) is 5.35. The van der Waals surface area contributed by atoms with Gasteiger partial charge in [0.05, 0.1) is 6.20 Å². The van der Waals surface area contributed by atoms with Gasteiger partial charge in [-0.3, -0.25) is 4.79 Å². The molecule has 33 heavy (non-hydrogen) atoms. The van der Waals surface area contributed by atoms with Crippen LogP contribution in [0.5, 0.6) is 11.6 Å². The first-order valence-electron chi connectivity index (χ1n) is 10.5. The number of primary amides is 1. The molecule has 0 bridgehead atoms. The molecule has 1 aromatic heterocycles. The summed E-state index contributed by atoms with van der Waals surface area (Å²) in [5.74, 6) is 0.105. The van der Waals surface area contributed by atoms with Gasteiger partial charge in [-0.15, -0.1) is 0 Å². The van der Waals surface area contributed by atoms with Crippen LogP contribution >= 0.6 is 0 Å². The van der Waals surface area contributed by atoms with Crippen molar-refractivity contribution < 1.29 is 9.53 Å². The Bertz CT molecular complexity index is 1170. The van der Waals surface area contributed by atoms with E-state index in [9.17, 15) is 4.79 Å². The van der Waals surface area contributed by atoms with E-state index >= 15 is 0 Å². The lowest BCUT2D eigenvalue weighted by molar-refractivity contribution is 0.0996. The third-order valence-electron chi connectivity index (χ3n) is 5.35. The van der Waals surface area contributed by atoms with E-state index in [4.69, 9.17) is 21.6 Å². The molecule has 1 aliphatic heterocycles. The molecule has 1 aliphatic rings. The molecule has 0 atom stereocenters. The summed E-state index contributed by atoms with van der Waals surface area (Å²) in [4.78, 5) is 25.0. The topological polar surface area (TPSA) is 146 Å². The van der Waals surface area contributed by atoms with Crippen LogP contribution in [0.3, 0.4) is 0 Å². The second-order valence-electron chi connectivity index (χ2n) is 7.78. The van der Waals surface area contributed by atoms with Gasteiger partial charge in [-0.25, -0.2) is 4.98 Å². The molecule has 0 unspecified atom stereocenters. The molecular weight excluding hydrogens is 420 g/mol. The predicted octanol–water partition coefficient (Wildman–Crippen LogP) is 2.44. The molecule has 1 saturated heterocycles. The van der Waals surface area contributed by atoms with Gasteiger partial charge in [0.15, 0.2) is 11.5 Å². The Morgan fingerprint density at radius 3 is 2.67 bits per heavy atom.